The first-order chi connectivity index (χ1) is 8.16. The van der Waals surface area contributed by atoms with E-state index in [-0.39, 0.29) is 6.61 Å². The van der Waals surface area contributed by atoms with Crippen molar-refractivity contribution in [2.75, 3.05) is 6.61 Å². The lowest BCUT2D eigenvalue weighted by molar-refractivity contribution is -0.119. The average molecular weight is 230 g/mol. The van der Waals surface area contributed by atoms with E-state index in [4.69, 9.17) is 16.2 Å². The molecule has 4 heteroatoms. The molecule has 0 aliphatic heterocycles. The summed E-state index contributed by atoms with van der Waals surface area (Å²) >= 11 is 0. The number of amides is 1. The van der Waals surface area contributed by atoms with Crippen molar-refractivity contribution < 1.29 is 9.53 Å². The van der Waals surface area contributed by atoms with Crippen molar-refractivity contribution in [3.05, 3.63) is 42.5 Å². The Bertz CT molecular complexity index is 540. The minimum atomic E-state index is -0.776. The first-order valence-electron chi connectivity index (χ1n) is 5.33. The minimum Gasteiger partial charge on any atom is -0.491 e. The summed E-state index contributed by atoms with van der Waals surface area (Å²) in [4.78, 5) is 10.8. The molecule has 1 unspecified atom stereocenters. The molecule has 0 aliphatic rings. The molecule has 0 bridgehead atoms. The highest BCUT2D eigenvalue weighted by Crippen LogP contribution is 2.20. The van der Waals surface area contributed by atoms with Gasteiger partial charge in [0.05, 0.1) is 0 Å². The van der Waals surface area contributed by atoms with Gasteiger partial charge in [-0.2, -0.15) is 0 Å². The van der Waals surface area contributed by atoms with Gasteiger partial charge in [0.25, 0.3) is 0 Å². The molecule has 2 rings (SSSR count). The first kappa shape index (κ1) is 11.4. The number of nitrogens with two attached hydrogens (primary N) is 2. The third kappa shape index (κ3) is 2.73. The van der Waals surface area contributed by atoms with E-state index in [0.29, 0.717) is 5.75 Å². The highest BCUT2D eigenvalue weighted by Gasteiger charge is 2.09. The lowest BCUT2D eigenvalue weighted by atomic mass is 10.1. The van der Waals surface area contributed by atoms with Crippen LogP contribution in [0.25, 0.3) is 10.8 Å². The molecule has 4 nitrogen and oxygen atoms in total. The number of carbonyl (C=O) groups excluding carboxylic acids is 1. The van der Waals surface area contributed by atoms with E-state index in [9.17, 15) is 4.79 Å². The van der Waals surface area contributed by atoms with Gasteiger partial charge in [0.15, 0.2) is 0 Å². The SMILES string of the molecule is NC(=O)C(N)COc1ccc2ccccc2c1. The Balaban J connectivity index is 2.12. The van der Waals surface area contributed by atoms with Gasteiger partial charge in [-0.1, -0.05) is 30.3 Å². The summed E-state index contributed by atoms with van der Waals surface area (Å²) in [6.45, 7) is 0.0909. The van der Waals surface area contributed by atoms with Crippen LogP contribution in [-0.4, -0.2) is 18.6 Å². The summed E-state index contributed by atoms with van der Waals surface area (Å²) in [6.07, 6.45) is 0. The zero-order valence-corrected chi connectivity index (χ0v) is 9.30. The summed E-state index contributed by atoms with van der Waals surface area (Å²) in [6, 6.07) is 12.9. The summed E-state index contributed by atoms with van der Waals surface area (Å²) in [5, 5.41) is 2.22. The van der Waals surface area contributed by atoms with Crippen molar-refractivity contribution in [2.45, 2.75) is 6.04 Å². The van der Waals surface area contributed by atoms with Gasteiger partial charge in [0, 0.05) is 0 Å². The molecule has 0 spiro atoms. The second-order valence-electron chi connectivity index (χ2n) is 3.83. The van der Waals surface area contributed by atoms with Gasteiger partial charge in [0.1, 0.15) is 18.4 Å². The molecule has 0 fully saturated rings. The molecule has 1 amide bonds. The van der Waals surface area contributed by atoms with Crippen LogP contribution in [0, 0.1) is 0 Å². The molecule has 4 N–H and O–H groups in total. The fourth-order valence-electron chi connectivity index (χ4n) is 1.53. The highest BCUT2D eigenvalue weighted by atomic mass is 16.5. The average Bonchev–Trinajstić information content (AvgIpc) is 2.35. The Kier molecular flexibility index (Phi) is 3.25. The second-order valence-corrected chi connectivity index (χ2v) is 3.83. The molecular weight excluding hydrogens is 216 g/mol. The monoisotopic (exact) mass is 230 g/mol. The van der Waals surface area contributed by atoms with Gasteiger partial charge in [0.2, 0.25) is 5.91 Å². The molecule has 0 radical (unpaired) electrons. The topological polar surface area (TPSA) is 78.3 Å². The van der Waals surface area contributed by atoms with E-state index in [0.717, 1.165) is 10.8 Å². The maximum atomic E-state index is 10.8. The van der Waals surface area contributed by atoms with Crippen molar-refractivity contribution in [1.82, 2.24) is 0 Å². The summed E-state index contributed by atoms with van der Waals surface area (Å²) in [5.74, 6) is 0.117. The second kappa shape index (κ2) is 4.84. The van der Waals surface area contributed by atoms with Crippen molar-refractivity contribution in [3.8, 4) is 5.75 Å². The summed E-state index contributed by atoms with van der Waals surface area (Å²) < 4.78 is 5.41. The Labute approximate surface area is 99.2 Å². The Morgan fingerprint density at radius 1 is 1.18 bits per heavy atom. The van der Waals surface area contributed by atoms with E-state index in [1.807, 2.05) is 42.5 Å². The number of primary amides is 1. The fraction of sp³-hybridized carbons (Fsp3) is 0.154. The van der Waals surface area contributed by atoms with Crippen molar-refractivity contribution >= 4 is 16.7 Å². The number of benzene rings is 2. The number of hydrogen-bond acceptors (Lipinski definition) is 3. The number of fused-ring (bicyclic) bond motifs is 1. The lowest BCUT2D eigenvalue weighted by Crippen LogP contribution is -2.41. The fourth-order valence-corrected chi connectivity index (χ4v) is 1.53. The summed E-state index contributed by atoms with van der Waals surface area (Å²) in [5.41, 5.74) is 10.5. The van der Waals surface area contributed by atoms with Gasteiger partial charge in [-0.3, -0.25) is 4.79 Å². The number of hydrogen-bond donors (Lipinski definition) is 2. The summed E-state index contributed by atoms with van der Waals surface area (Å²) in [7, 11) is 0. The van der Waals surface area contributed by atoms with E-state index < -0.39 is 11.9 Å². The first-order valence-corrected chi connectivity index (χ1v) is 5.33. The van der Waals surface area contributed by atoms with E-state index >= 15 is 0 Å². The van der Waals surface area contributed by atoms with Crippen molar-refractivity contribution in [3.63, 3.8) is 0 Å². The molecule has 0 saturated carbocycles. The molecule has 0 aromatic heterocycles. The standard InChI is InChI=1S/C13H14N2O2/c14-12(13(15)16)8-17-11-6-5-9-3-1-2-4-10(9)7-11/h1-7,12H,8,14H2,(H2,15,16). The van der Waals surface area contributed by atoms with Crippen LogP contribution in [0.15, 0.2) is 42.5 Å². The Hall–Kier alpha value is -2.07. The molecule has 17 heavy (non-hydrogen) atoms. The third-order valence-electron chi connectivity index (χ3n) is 2.52. The van der Waals surface area contributed by atoms with Crippen molar-refractivity contribution in [1.29, 1.82) is 0 Å². The van der Waals surface area contributed by atoms with Gasteiger partial charge >= 0.3 is 0 Å². The number of rotatable bonds is 4. The predicted molar refractivity (Wildman–Crippen MR) is 66.6 cm³/mol. The molecule has 1 atom stereocenters. The number of carbonyl (C=O) groups is 1. The quantitative estimate of drug-likeness (QED) is 0.823. The predicted octanol–water partition coefficient (Wildman–Crippen LogP) is 1.03. The van der Waals surface area contributed by atoms with Crippen molar-refractivity contribution in [2.24, 2.45) is 11.5 Å². The molecule has 88 valence electrons. The van der Waals surface area contributed by atoms with Gasteiger partial charge in [-0.05, 0) is 22.9 Å². The largest absolute Gasteiger partial charge is 0.491 e. The van der Waals surface area contributed by atoms with Crippen LogP contribution in [-0.2, 0) is 4.79 Å². The van der Waals surface area contributed by atoms with Gasteiger partial charge < -0.3 is 16.2 Å². The van der Waals surface area contributed by atoms with Crippen LogP contribution < -0.4 is 16.2 Å². The van der Waals surface area contributed by atoms with Gasteiger partial charge in [-0.25, -0.2) is 0 Å². The van der Waals surface area contributed by atoms with Crippen LogP contribution >= 0.6 is 0 Å². The Morgan fingerprint density at radius 3 is 2.59 bits per heavy atom. The van der Waals surface area contributed by atoms with Crippen LogP contribution in [0.3, 0.4) is 0 Å². The molecule has 0 saturated heterocycles. The minimum absolute atomic E-state index is 0.0909. The molecule has 0 aliphatic carbocycles. The maximum Gasteiger partial charge on any atom is 0.237 e. The van der Waals surface area contributed by atoms with E-state index in [2.05, 4.69) is 0 Å². The maximum absolute atomic E-state index is 10.8. The van der Waals surface area contributed by atoms with Gasteiger partial charge in [-0.15, -0.1) is 0 Å². The highest BCUT2D eigenvalue weighted by molar-refractivity contribution is 5.83. The molecule has 2 aromatic carbocycles. The van der Waals surface area contributed by atoms with E-state index in [1.54, 1.807) is 0 Å². The van der Waals surface area contributed by atoms with Crippen LogP contribution in [0.5, 0.6) is 5.75 Å². The smallest absolute Gasteiger partial charge is 0.237 e. The Morgan fingerprint density at radius 2 is 1.88 bits per heavy atom. The lowest BCUT2D eigenvalue weighted by Gasteiger charge is -2.10. The van der Waals surface area contributed by atoms with Crippen LogP contribution in [0.2, 0.25) is 0 Å². The molecule has 2 aromatic rings. The van der Waals surface area contributed by atoms with Crippen LogP contribution in [0.4, 0.5) is 0 Å². The molecule has 0 heterocycles. The van der Waals surface area contributed by atoms with E-state index in [1.165, 1.54) is 0 Å². The van der Waals surface area contributed by atoms with Crippen LogP contribution in [0.1, 0.15) is 0 Å². The zero-order valence-electron chi connectivity index (χ0n) is 9.30. The molecular formula is C13H14N2O2. The third-order valence-corrected chi connectivity index (χ3v) is 2.52. The normalized spacial score (nSPS) is 12.3. The zero-order chi connectivity index (χ0) is 12.3. The number of ether oxygens (including phenoxy) is 1.